The smallest absolute Gasteiger partial charge is 0.183 e. The molecule has 1 atom stereocenters. The second kappa shape index (κ2) is 6.08. The Labute approximate surface area is 127 Å². The predicted octanol–water partition coefficient (Wildman–Crippen LogP) is 2.58. The summed E-state index contributed by atoms with van der Waals surface area (Å²) in [7, 11) is 0. The highest BCUT2D eigenvalue weighted by Gasteiger charge is 2.26. The van der Waals surface area contributed by atoms with Crippen LogP contribution in [-0.4, -0.2) is 29.7 Å². The Balaban J connectivity index is 1.87. The molecule has 3 rings (SSSR count). The zero-order chi connectivity index (χ0) is 14.7. The topological polar surface area (TPSA) is 62.0 Å². The van der Waals surface area contributed by atoms with Crippen molar-refractivity contribution in [1.82, 2.24) is 9.97 Å². The van der Waals surface area contributed by atoms with Crippen LogP contribution in [0.15, 0.2) is 36.7 Å². The van der Waals surface area contributed by atoms with Crippen LogP contribution in [0.5, 0.6) is 0 Å². The number of nitriles is 1. The number of hydrogen-bond donors (Lipinski definition) is 0. The van der Waals surface area contributed by atoms with Crippen molar-refractivity contribution in [2.45, 2.75) is 6.10 Å². The Morgan fingerprint density at radius 1 is 1.29 bits per heavy atom. The number of ether oxygens (including phenoxy) is 1. The Bertz CT molecular complexity index is 685. The van der Waals surface area contributed by atoms with E-state index in [9.17, 15) is 0 Å². The summed E-state index contributed by atoms with van der Waals surface area (Å²) >= 11 is 6.23. The van der Waals surface area contributed by atoms with Crippen LogP contribution in [-0.2, 0) is 4.74 Å². The second-order valence-electron chi connectivity index (χ2n) is 4.67. The molecule has 0 radical (unpaired) electrons. The Morgan fingerprint density at radius 3 is 2.90 bits per heavy atom. The second-order valence-corrected chi connectivity index (χ2v) is 5.07. The van der Waals surface area contributed by atoms with E-state index in [1.54, 1.807) is 6.20 Å². The van der Waals surface area contributed by atoms with Crippen LogP contribution in [0.2, 0.25) is 5.02 Å². The first kappa shape index (κ1) is 13.8. The van der Waals surface area contributed by atoms with Gasteiger partial charge in [-0.25, -0.2) is 9.97 Å². The largest absolute Gasteiger partial charge is 0.370 e. The average Bonchev–Trinajstić information content (AvgIpc) is 2.55. The summed E-state index contributed by atoms with van der Waals surface area (Å²) in [6.07, 6.45) is 2.98. The van der Waals surface area contributed by atoms with Crippen molar-refractivity contribution in [2.75, 3.05) is 24.6 Å². The van der Waals surface area contributed by atoms with Gasteiger partial charge in [0.2, 0.25) is 0 Å². The third-order valence-corrected chi connectivity index (χ3v) is 3.75. The molecule has 1 unspecified atom stereocenters. The molecule has 5 nitrogen and oxygen atoms in total. The maximum atomic E-state index is 9.14. The van der Waals surface area contributed by atoms with Crippen molar-refractivity contribution >= 4 is 17.4 Å². The lowest BCUT2D eigenvalue weighted by Crippen LogP contribution is -2.39. The van der Waals surface area contributed by atoms with Crippen molar-refractivity contribution in [2.24, 2.45) is 0 Å². The molecule has 1 aliphatic heterocycles. The van der Waals surface area contributed by atoms with E-state index in [0.717, 1.165) is 5.56 Å². The number of anilines is 1. The Morgan fingerprint density at radius 2 is 2.10 bits per heavy atom. The predicted molar refractivity (Wildman–Crippen MR) is 79.1 cm³/mol. The summed E-state index contributed by atoms with van der Waals surface area (Å²) in [5.41, 5.74) is 1.28. The molecule has 1 aromatic heterocycles. The lowest BCUT2D eigenvalue weighted by atomic mass is 10.1. The summed E-state index contributed by atoms with van der Waals surface area (Å²) in [5, 5.41) is 9.83. The number of halogens is 1. The molecule has 2 aromatic rings. The minimum Gasteiger partial charge on any atom is -0.370 e. The van der Waals surface area contributed by atoms with Gasteiger partial charge in [-0.2, -0.15) is 5.26 Å². The van der Waals surface area contributed by atoms with Crippen LogP contribution >= 0.6 is 11.6 Å². The maximum absolute atomic E-state index is 9.14. The first-order chi connectivity index (χ1) is 10.3. The molecule has 0 aliphatic carbocycles. The molecule has 0 saturated carbocycles. The van der Waals surface area contributed by atoms with Gasteiger partial charge in [-0.05, 0) is 6.07 Å². The molecule has 0 amide bonds. The minimum atomic E-state index is -0.138. The maximum Gasteiger partial charge on any atom is 0.183 e. The first-order valence-electron chi connectivity index (χ1n) is 6.61. The van der Waals surface area contributed by atoms with Gasteiger partial charge in [0.15, 0.2) is 11.5 Å². The number of aromatic nitrogens is 2. The van der Waals surface area contributed by atoms with Gasteiger partial charge in [-0.1, -0.05) is 29.8 Å². The zero-order valence-corrected chi connectivity index (χ0v) is 12.0. The lowest BCUT2D eigenvalue weighted by molar-refractivity contribution is 0.0395. The van der Waals surface area contributed by atoms with Gasteiger partial charge in [0.05, 0.1) is 13.2 Å². The van der Waals surface area contributed by atoms with Crippen LogP contribution in [0.25, 0.3) is 0 Å². The van der Waals surface area contributed by atoms with Gasteiger partial charge >= 0.3 is 0 Å². The molecule has 21 heavy (non-hydrogen) atoms. The van der Waals surface area contributed by atoms with Crippen LogP contribution in [0.4, 0.5) is 5.82 Å². The summed E-state index contributed by atoms with van der Waals surface area (Å²) in [4.78, 5) is 10.3. The molecular weight excluding hydrogens is 288 g/mol. The standard InChI is InChI=1S/C15H13ClN4O/c16-12-4-2-1-3-11(12)14-10-20(7-8-21-14)15-13(9-17)18-5-6-19-15/h1-6,14H,7-8,10H2. The Kier molecular flexibility index (Phi) is 4.00. The molecule has 2 heterocycles. The monoisotopic (exact) mass is 300 g/mol. The zero-order valence-electron chi connectivity index (χ0n) is 11.2. The molecule has 1 fully saturated rings. The highest BCUT2D eigenvalue weighted by atomic mass is 35.5. The van der Waals surface area contributed by atoms with Gasteiger partial charge in [-0.15, -0.1) is 0 Å². The molecule has 6 heteroatoms. The van der Waals surface area contributed by atoms with E-state index in [1.165, 1.54) is 6.20 Å². The molecule has 0 bridgehead atoms. The SMILES string of the molecule is N#Cc1nccnc1N1CCOC(c2ccccc2Cl)C1. The van der Waals surface area contributed by atoms with Gasteiger partial charge in [-0.3, -0.25) is 0 Å². The molecule has 0 N–H and O–H groups in total. The van der Waals surface area contributed by atoms with Crippen molar-refractivity contribution < 1.29 is 4.74 Å². The van der Waals surface area contributed by atoms with Crippen molar-refractivity contribution in [3.05, 3.63) is 52.9 Å². The van der Waals surface area contributed by atoms with Crippen molar-refractivity contribution in [3.8, 4) is 6.07 Å². The van der Waals surface area contributed by atoms with E-state index in [2.05, 4.69) is 16.0 Å². The fourth-order valence-corrected chi connectivity index (χ4v) is 2.66. The third kappa shape index (κ3) is 2.82. The number of benzene rings is 1. The molecule has 0 spiro atoms. The summed E-state index contributed by atoms with van der Waals surface area (Å²) in [6.45, 7) is 1.82. The van der Waals surface area contributed by atoms with Gasteiger partial charge < -0.3 is 9.64 Å². The molecular formula is C15H13ClN4O. The average molecular weight is 301 g/mol. The molecule has 1 aliphatic rings. The number of morpholine rings is 1. The quantitative estimate of drug-likeness (QED) is 0.853. The fourth-order valence-electron chi connectivity index (χ4n) is 2.41. The highest BCUT2D eigenvalue weighted by Crippen LogP contribution is 2.30. The summed E-state index contributed by atoms with van der Waals surface area (Å²) in [5.74, 6) is 0.598. The molecule has 1 aromatic carbocycles. The third-order valence-electron chi connectivity index (χ3n) is 3.40. The normalized spacial score (nSPS) is 18.3. The van der Waals surface area contributed by atoms with E-state index < -0.39 is 0 Å². The first-order valence-corrected chi connectivity index (χ1v) is 6.99. The van der Waals surface area contributed by atoms with Crippen molar-refractivity contribution in [1.29, 1.82) is 5.26 Å². The van der Waals surface area contributed by atoms with Crippen LogP contribution < -0.4 is 4.90 Å². The summed E-state index contributed by atoms with van der Waals surface area (Å²) < 4.78 is 5.81. The minimum absolute atomic E-state index is 0.138. The van der Waals surface area contributed by atoms with Gasteiger partial charge in [0.1, 0.15) is 12.2 Å². The van der Waals surface area contributed by atoms with E-state index >= 15 is 0 Å². The highest BCUT2D eigenvalue weighted by molar-refractivity contribution is 6.31. The van der Waals surface area contributed by atoms with Gasteiger partial charge in [0, 0.05) is 29.5 Å². The number of nitrogens with zero attached hydrogens (tertiary/aromatic N) is 4. The number of rotatable bonds is 2. The number of hydrogen-bond acceptors (Lipinski definition) is 5. The van der Waals surface area contributed by atoms with E-state index in [1.807, 2.05) is 29.2 Å². The molecule has 106 valence electrons. The van der Waals surface area contributed by atoms with Gasteiger partial charge in [0.25, 0.3) is 0 Å². The van der Waals surface area contributed by atoms with Crippen molar-refractivity contribution in [3.63, 3.8) is 0 Å². The van der Waals surface area contributed by atoms with E-state index in [-0.39, 0.29) is 6.10 Å². The fraction of sp³-hybridized carbons (Fsp3) is 0.267. The van der Waals surface area contributed by atoms with Crippen LogP contribution in [0.1, 0.15) is 17.4 Å². The van der Waals surface area contributed by atoms with E-state index in [4.69, 9.17) is 21.6 Å². The van der Waals surface area contributed by atoms with Crippen LogP contribution in [0, 0.1) is 11.3 Å². The van der Waals surface area contributed by atoms with E-state index in [0.29, 0.717) is 36.2 Å². The Hall–Kier alpha value is -2.16. The van der Waals surface area contributed by atoms with Crippen LogP contribution in [0.3, 0.4) is 0 Å². The lowest BCUT2D eigenvalue weighted by Gasteiger charge is -2.34. The summed E-state index contributed by atoms with van der Waals surface area (Å²) in [6, 6.07) is 9.71. The molecule has 1 saturated heterocycles.